The number of aromatic nitrogens is 1. The van der Waals surface area contributed by atoms with Gasteiger partial charge in [0.25, 0.3) is 0 Å². The molecule has 0 aromatic carbocycles. The standard InChI is InChI=1S/C21H32N4O4S/c1-16-7-6-10-19(22-16)23-20(26)13-24(2)14-21(27)25(17-8-4-3-5-9-17)18-11-12-30(28,29)15-18/h6-7,10,17-18H,3-5,8-9,11-15H2,1-2H3,(H,22,23,26). The Morgan fingerprint density at radius 2 is 1.83 bits per heavy atom. The van der Waals surface area contributed by atoms with Crippen LogP contribution in [0.4, 0.5) is 5.82 Å². The van der Waals surface area contributed by atoms with Crippen LogP contribution in [0.3, 0.4) is 0 Å². The summed E-state index contributed by atoms with van der Waals surface area (Å²) in [5, 5.41) is 2.75. The number of amides is 2. The Balaban J connectivity index is 1.60. The molecule has 3 rings (SSSR count). The second kappa shape index (κ2) is 9.87. The van der Waals surface area contributed by atoms with Gasteiger partial charge in [0.15, 0.2) is 9.84 Å². The summed E-state index contributed by atoms with van der Waals surface area (Å²) in [5.41, 5.74) is 0.811. The number of anilines is 1. The molecule has 2 heterocycles. The normalized spacial score (nSPS) is 21.5. The fourth-order valence-corrected chi connectivity index (χ4v) is 6.18. The van der Waals surface area contributed by atoms with Gasteiger partial charge < -0.3 is 10.2 Å². The van der Waals surface area contributed by atoms with Gasteiger partial charge in [-0.1, -0.05) is 25.3 Å². The molecule has 0 bridgehead atoms. The molecule has 1 saturated carbocycles. The Morgan fingerprint density at radius 3 is 2.47 bits per heavy atom. The number of aryl methyl sites for hydroxylation is 1. The number of carbonyl (C=O) groups excluding carboxylic acids is 2. The summed E-state index contributed by atoms with van der Waals surface area (Å²) in [4.78, 5) is 33.3. The largest absolute Gasteiger partial charge is 0.335 e. The Labute approximate surface area is 178 Å². The first-order valence-electron chi connectivity index (χ1n) is 10.7. The zero-order chi connectivity index (χ0) is 21.7. The minimum atomic E-state index is -3.08. The zero-order valence-corrected chi connectivity index (χ0v) is 18.7. The zero-order valence-electron chi connectivity index (χ0n) is 17.8. The number of likely N-dealkylation sites (N-methyl/N-ethyl adjacent to an activating group) is 1. The fourth-order valence-electron chi connectivity index (χ4n) is 4.47. The number of hydrogen-bond donors (Lipinski definition) is 1. The highest BCUT2D eigenvalue weighted by atomic mass is 32.2. The van der Waals surface area contributed by atoms with E-state index in [-0.39, 0.29) is 48.5 Å². The van der Waals surface area contributed by atoms with Crippen molar-refractivity contribution in [3.63, 3.8) is 0 Å². The van der Waals surface area contributed by atoms with E-state index in [9.17, 15) is 18.0 Å². The van der Waals surface area contributed by atoms with Crippen molar-refractivity contribution in [3.8, 4) is 0 Å². The molecule has 1 saturated heterocycles. The van der Waals surface area contributed by atoms with Crippen LogP contribution in [0.2, 0.25) is 0 Å². The second-order valence-electron chi connectivity index (χ2n) is 8.53. The van der Waals surface area contributed by atoms with Gasteiger partial charge in [-0.15, -0.1) is 0 Å². The van der Waals surface area contributed by atoms with Crippen molar-refractivity contribution < 1.29 is 18.0 Å². The predicted octanol–water partition coefficient (Wildman–Crippen LogP) is 1.61. The minimum Gasteiger partial charge on any atom is -0.335 e. The van der Waals surface area contributed by atoms with E-state index in [1.54, 1.807) is 18.0 Å². The molecule has 1 aromatic heterocycles. The van der Waals surface area contributed by atoms with Crippen LogP contribution in [0.15, 0.2) is 18.2 Å². The summed E-state index contributed by atoms with van der Waals surface area (Å²) in [5.74, 6) is 0.359. The smallest absolute Gasteiger partial charge is 0.239 e. The SMILES string of the molecule is Cc1cccc(NC(=O)CN(C)CC(=O)N(C2CCCCC2)C2CCS(=O)(=O)C2)n1. The maximum atomic E-state index is 13.2. The molecular weight excluding hydrogens is 404 g/mol. The number of nitrogens with zero attached hydrogens (tertiary/aromatic N) is 3. The van der Waals surface area contributed by atoms with Crippen LogP contribution in [0.5, 0.6) is 0 Å². The molecule has 1 aliphatic heterocycles. The molecule has 9 heteroatoms. The molecule has 0 radical (unpaired) electrons. The highest BCUT2D eigenvalue weighted by Gasteiger charge is 2.38. The Kier molecular flexibility index (Phi) is 7.46. The molecule has 2 amide bonds. The van der Waals surface area contributed by atoms with Crippen LogP contribution in [-0.4, -0.2) is 78.7 Å². The number of carbonyl (C=O) groups is 2. The number of hydrogen-bond acceptors (Lipinski definition) is 6. The highest BCUT2D eigenvalue weighted by Crippen LogP contribution is 2.28. The van der Waals surface area contributed by atoms with Crippen LogP contribution >= 0.6 is 0 Å². The van der Waals surface area contributed by atoms with Gasteiger partial charge in [-0.2, -0.15) is 0 Å². The molecule has 30 heavy (non-hydrogen) atoms. The Morgan fingerprint density at radius 1 is 1.10 bits per heavy atom. The average molecular weight is 437 g/mol. The lowest BCUT2D eigenvalue weighted by Crippen LogP contribution is -2.52. The summed E-state index contributed by atoms with van der Waals surface area (Å²) >= 11 is 0. The monoisotopic (exact) mass is 436 g/mol. The third-order valence-electron chi connectivity index (χ3n) is 5.83. The van der Waals surface area contributed by atoms with E-state index in [1.165, 1.54) is 0 Å². The highest BCUT2D eigenvalue weighted by molar-refractivity contribution is 7.91. The number of rotatable bonds is 7. The summed E-state index contributed by atoms with van der Waals surface area (Å²) in [6, 6.07) is 5.25. The van der Waals surface area contributed by atoms with Crippen LogP contribution in [0, 0.1) is 6.92 Å². The first-order chi connectivity index (χ1) is 14.2. The molecule has 8 nitrogen and oxygen atoms in total. The molecule has 2 fully saturated rings. The van der Waals surface area contributed by atoms with Crippen molar-refractivity contribution in [1.82, 2.24) is 14.8 Å². The van der Waals surface area contributed by atoms with Gasteiger partial charge in [0, 0.05) is 17.8 Å². The van der Waals surface area contributed by atoms with Crippen molar-refractivity contribution in [1.29, 1.82) is 0 Å². The van der Waals surface area contributed by atoms with Crippen molar-refractivity contribution >= 4 is 27.5 Å². The molecule has 1 aromatic rings. The summed E-state index contributed by atoms with van der Waals surface area (Å²) < 4.78 is 24.0. The van der Waals surface area contributed by atoms with E-state index in [0.717, 1.165) is 37.8 Å². The number of pyridine rings is 1. The summed E-state index contributed by atoms with van der Waals surface area (Å²) in [6.45, 7) is 1.99. The van der Waals surface area contributed by atoms with E-state index >= 15 is 0 Å². The van der Waals surface area contributed by atoms with Gasteiger partial charge in [0.1, 0.15) is 5.82 Å². The first kappa shape index (κ1) is 22.7. The molecule has 1 atom stereocenters. The van der Waals surface area contributed by atoms with Crippen LogP contribution < -0.4 is 5.32 Å². The topological polar surface area (TPSA) is 99.7 Å². The Hall–Kier alpha value is -2.00. The van der Waals surface area contributed by atoms with Gasteiger partial charge in [-0.05, 0) is 45.4 Å². The fraction of sp³-hybridized carbons (Fsp3) is 0.667. The van der Waals surface area contributed by atoms with Gasteiger partial charge in [-0.25, -0.2) is 13.4 Å². The van der Waals surface area contributed by atoms with Gasteiger partial charge >= 0.3 is 0 Å². The lowest BCUT2D eigenvalue weighted by Gasteiger charge is -2.39. The van der Waals surface area contributed by atoms with E-state index in [2.05, 4.69) is 10.3 Å². The maximum Gasteiger partial charge on any atom is 0.239 e. The molecule has 0 spiro atoms. The van der Waals surface area contributed by atoms with Crippen molar-refractivity contribution in [2.75, 3.05) is 37.0 Å². The third kappa shape index (κ3) is 6.25. The molecule has 166 valence electrons. The van der Waals surface area contributed by atoms with Crippen LogP contribution in [-0.2, 0) is 19.4 Å². The summed E-state index contributed by atoms with van der Waals surface area (Å²) in [6.07, 6.45) is 5.64. The van der Waals surface area contributed by atoms with Crippen molar-refractivity contribution in [3.05, 3.63) is 23.9 Å². The van der Waals surface area contributed by atoms with E-state index in [0.29, 0.717) is 12.2 Å². The molecule has 1 N–H and O–H groups in total. The van der Waals surface area contributed by atoms with Crippen LogP contribution in [0.1, 0.15) is 44.2 Å². The third-order valence-corrected chi connectivity index (χ3v) is 7.58. The van der Waals surface area contributed by atoms with Crippen molar-refractivity contribution in [2.24, 2.45) is 0 Å². The first-order valence-corrected chi connectivity index (χ1v) is 12.5. The molecule has 2 aliphatic rings. The average Bonchev–Trinajstić information content (AvgIpc) is 3.01. The van der Waals surface area contributed by atoms with E-state index in [1.807, 2.05) is 24.0 Å². The van der Waals surface area contributed by atoms with Gasteiger partial charge in [-0.3, -0.25) is 14.5 Å². The van der Waals surface area contributed by atoms with Gasteiger partial charge in [0.2, 0.25) is 11.8 Å². The maximum absolute atomic E-state index is 13.2. The van der Waals surface area contributed by atoms with Crippen molar-refractivity contribution in [2.45, 2.75) is 57.5 Å². The van der Waals surface area contributed by atoms with E-state index < -0.39 is 9.84 Å². The number of nitrogens with one attached hydrogen (secondary N) is 1. The lowest BCUT2D eigenvalue weighted by atomic mass is 9.93. The molecule has 1 aliphatic carbocycles. The lowest BCUT2D eigenvalue weighted by molar-refractivity contribution is -0.137. The summed E-state index contributed by atoms with van der Waals surface area (Å²) in [7, 11) is -1.35. The Bertz CT molecular complexity index is 868. The molecule has 1 unspecified atom stereocenters. The minimum absolute atomic E-state index is 0.0540. The number of sulfone groups is 1. The van der Waals surface area contributed by atoms with E-state index in [4.69, 9.17) is 0 Å². The quantitative estimate of drug-likeness (QED) is 0.697. The molecular formula is C21H32N4O4S. The predicted molar refractivity (Wildman–Crippen MR) is 116 cm³/mol. The van der Waals surface area contributed by atoms with Gasteiger partial charge in [0.05, 0.1) is 24.6 Å². The van der Waals surface area contributed by atoms with Crippen LogP contribution in [0.25, 0.3) is 0 Å². The second-order valence-corrected chi connectivity index (χ2v) is 10.8.